The minimum atomic E-state index is -5.94. The Kier molecular flexibility index (Phi) is 62.7. The molecule has 0 aliphatic rings. The number of thioether (sulfide) groups is 1. The molecular formula is C37H56Cl3I2N10NaO11PRuS3. The Morgan fingerprint density at radius 2 is 1.19 bits per heavy atom. The minimum Gasteiger partial charge on any atom is -0.286 e. The van der Waals surface area contributed by atoms with Crippen molar-refractivity contribution in [1.29, 1.82) is 15.8 Å². The first-order valence-electron chi connectivity index (χ1n) is 16.9. The first kappa shape index (κ1) is 84.3. The molecule has 0 bridgehead atoms. The van der Waals surface area contributed by atoms with Gasteiger partial charge in [0, 0.05) is 53.4 Å². The number of aromatic nitrogens is 3. The van der Waals surface area contributed by atoms with E-state index in [9.17, 15) is 13.8 Å². The number of nitriles is 3. The van der Waals surface area contributed by atoms with E-state index in [1.54, 1.807) is 24.5 Å². The molecule has 0 saturated carbocycles. The van der Waals surface area contributed by atoms with Crippen LogP contribution >= 0.6 is 71.4 Å². The van der Waals surface area contributed by atoms with E-state index in [2.05, 4.69) is 41.7 Å². The van der Waals surface area contributed by atoms with Crippen molar-refractivity contribution in [2.45, 2.75) is 51.9 Å². The van der Waals surface area contributed by atoms with Crippen LogP contribution in [0.4, 0.5) is 0 Å². The number of carbonyl (C=O) groups excluding carboxylic acids is 2. The van der Waals surface area contributed by atoms with Crippen molar-refractivity contribution in [2.24, 2.45) is 14.5 Å². The van der Waals surface area contributed by atoms with Crippen molar-refractivity contribution in [3.05, 3.63) is 123 Å². The third-order valence-electron chi connectivity index (χ3n) is 5.74. The Hall–Kier alpha value is -1.57. The first-order valence-corrected chi connectivity index (χ1v) is 35.2. The summed E-state index contributed by atoms with van der Waals surface area (Å²) in [5.74, 6) is 1.29. The maximum absolute atomic E-state index is 11.6. The second-order valence-electron chi connectivity index (χ2n) is 11.4. The maximum Gasteiger partial charge on any atom is 1.00 e. The summed E-state index contributed by atoms with van der Waals surface area (Å²) in [6, 6.07) is 20.9. The SMILES string of the molecule is CC(=O)OI(OC(C)=O)c1ccccc1.CSCc1ccc(C)nc1.Cc1ccc(CS(C)(=O)=NC#N)cn1.Cc1ccc(CS(C)=NC#N)cn1.N.N#CN.O.O.P.[Cl][Ru]([Cl])[Cl].[Na+].[O-][I+3]([O-])([O-])[O-]. The van der Waals surface area contributed by atoms with E-state index in [0.717, 1.165) is 43.3 Å². The van der Waals surface area contributed by atoms with Gasteiger partial charge in [0.1, 0.15) is 20.1 Å². The Bertz CT molecular complexity index is 2210. The van der Waals surface area contributed by atoms with Crippen molar-refractivity contribution in [3.8, 4) is 18.6 Å². The molecule has 3 aromatic heterocycles. The zero-order valence-electron chi connectivity index (χ0n) is 38.9. The zero-order chi connectivity index (χ0) is 49.7. The maximum atomic E-state index is 11.6. The molecule has 4 rings (SSSR count). The van der Waals surface area contributed by atoms with E-state index in [0.29, 0.717) is 0 Å². The Balaban J connectivity index is -0.000000109. The predicted octanol–water partition coefficient (Wildman–Crippen LogP) is -2.84. The molecule has 0 radical (unpaired) electrons. The van der Waals surface area contributed by atoms with Crippen LogP contribution in [0.25, 0.3) is 0 Å². The van der Waals surface area contributed by atoms with Gasteiger partial charge >= 0.3 is 168 Å². The number of nitrogens with zero attached hydrogens (tertiary/aromatic N) is 8. The molecule has 1 aromatic carbocycles. The van der Waals surface area contributed by atoms with Gasteiger partial charge in [0.15, 0.2) is 6.19 Å². The van der Waals surface area contributed by atoms with Crippen molar-refractivity contribution >= 4 is 104 Å². The van der Waals surface area contributed by atoms with Gasteiger partial charge in [-0.3, -0.25) is 28.7 Å². The zero-order valence-corrected chi connectivity index (χ0v) is 53.1. The molecular weight excluding hydrogens is 1370 g/mol. The van der Waals surface area contributed by atoms with Crippen molar-refractivity contribution in [2.75, 3.05) is 18.8 Å². The van der Waals surface area contributed by atoms with Gasteiger partial charge in [-0.1, -0.05) is 28.9 Å². The molecule has 21 nitrogen and oxygen atoms in total. The number of hydrogen-bond donors (Lipinski definition) is 2. The predicted molar refractivity (Wildman–Crippen MR) is 268 cm³/mol. The molecule has 3 atom stereocenters. The Morgan fingerprint density at radius 3 is 1.49 bits per heavy atom. The van der Waals surface area contributed by atoms with Crippen LogP contribution in [-0.4, -0.2) is 60.8 Å². The first-order chi connectivity index (χ1) is 29.8. The monoisotopic (exact) mass is 1430 g/mol. The van der Waals surface area contributed by atoms with E-state index < -0.39 is 75.4 Å². The van der Waals surface area contributed by atoms with E-state index in [-0.39, 0.29) is 73.0 Å². The molecule has 3 unspecified atom stereocenters. The second-order valence-corrected chi connectivity index (χ2v) is 29.8. The topological polar surface area (TPSA) is 421 Å². The van der Waals surface area contributed by atoms with E-state index in [1.165, 1.54) is 31.9 Å². The number of nitrogens with two attached hydrogens (primary N) is 1. The van der Waals surface area contributed by atoms with Crippen LogP contribution in [0.5, 0.6) is 0 Å². The summed E-state index contributed by atoms with van der Waals surface area (Å²) in [6.45, 7) is 8.44. The smallest absolute Gasteiger partial charge is 0.286 e. The number of halogens is 5. The molecule has 32 heteroatoms. The summed E-state index contributed by atoms with van der Waals surface area (Å²) in [5, 5.41) is 23.7. The van der Waals surface area contributed by atoms with Gasteiger partial charge < -0.3 is 22.8 Å². The Labute approximate surface area is 468 Å². The summed E-state index contributed by atoms with van der Waals surface area (Å²) in [6.07, 6.45) is 15.6. The minimum absolute atomic E-state index is 0. The average molecular weight is 1430 g/mol. The van der Waals surface area contributed by atoms with Gasteiger partial charge in [-0.15, -0.1) is 4.36 Å². The fraction of sp³-hybridized carbons (Fsp3) is 0.297. The summed E-state index contributed by atoms with van der Waals surface area (Å²) in [5.41, 5.74) is 10.4. The van der Waals surface area contributed by atoms with Crippen LogP contribution in [0.15, 0.2) is 94.0 Å². The van der Waals surface area contributed by atoms with Gasteiger partial charge in [0.25, 0.3) is 0 Å². The van der Waals surface area contributed by atoms with Gasteiger partial charge in [0.2, 0.25) is 12.4 Å². The van der Waals surface area contributed by atoms with Crippen molar-refractivity contribution in [1.82, 2.24) is 21.1 Å². The van der Waals surface area contributed by atoms with Gasteiger partial charge in [-0.25, -0.2) is 4.21 Å². The normalized spacial score (nSPS) is 10.5. The second kappa shape index (κ2) is 51.3. The summed E-state index contributed by atoms with van der Waals surface area (Å²) < 4.78 is 64.0. The third kappa shape index (κ3) is 60.7. The van der Waals surface area contributed by atoms with Gasteiger partial charge in [0.05, 0.1) is 15.5 Å². The van der Waals surface area contributed by atoms with Crippen molar-refractivity contribution in [3.63, 3.8) is 0 Å². The molecule has 3 heterocycles. The summed E-state index contributed by atoms with van der Waals surface area (Å²) >= 11 is -8.47. The molecule has 387 valence electrons. The third-order valence-corrected chi connectivity index (χ3v) is 12.6. The number of benzene rings is 1. The number of hydrogen-bond acceptors (Lipinski definition) is 20. The van der Waals surface area contributed by atoms with E-state index in [4.69, 9.17) is 64.7 Å². The number of carbonyl (C=O) groups is 2. The molecule has 69 heavy (non-hydrogen) atoms. The van der Waals surface area contributed by atoms with Gasteiger partial charge in [-0.05, 0) is 68.2 Å². The number of aryl methyl sites for hydroxylation is 3. The molecule has 0 amide bonds. The summed E-state index contributed by atoms with van der Waals surface area (Å²) in [7, 11) is 12.2. The van der Waals surface area contributed by atoms with Crippen molar-refractivity contribution < 1.29 is 107 Å². The van der Waals surface area contributed by atoms with Crippen LogP contribution in [-0.2, 0) is 66.4 Å². The van der Waals surface area contributed by atoms with Crippen LogP contribution in [0.2, 0.25) is 0 Å². The average Bonchev–Trinajstić information content (AvgIpc) is 3.18. The molecule has 0 spiro atoms. The van der Waals surface area contributed by atoms with Crippen LogP contribution in [0.3, 0.4) is 0 Å². The van der Waals surface area contributed by atoms with Crippen LogP contribution in [0, 0.1) is 58.7 Å². The quantitative estimate of drug-likeness (QED) is 0.0560. The fourth-order valence-electron chi connectivity index (χ4n) is 3.51. The molecule has 0 aliphatic heterocycles. The number of rotatable bonds is 9. The van der Waals surface area contributed by atoms with E-state index >= 15 is 0 Å². The fourth-order valence-corrected chi connectivity index (χ4v) is 8.62. The summed E-state index contributed by atoms with van der Waals surface area (Å²) in [4.78, 5) is 34.1. The van der Waals surface area contributed by atoms with Gasteiger partial charge in [-0.2, -0.15) is 41.8 Å². The Morgan fingerprint density at radius 1 is 0.826 bits per heavy atom. The molecule has 0 saturated heterocycles. The standard InChI is InChI=1S/C10H11IO4.C9H11N3OS.C9H11N3S.C8H11NS.CH2N2.3ClH.IO4.H3N.Na.2H2O.H3P.Ru/c1-8(12)14-11(15-9(2)13)10-6-4-3-5-7-10;1-8-3-4-9(5-11-8)6-14(2,13)12-7-10;1-8-3-4-9(5-11-8)6-13(2)12-7-10;1-7-3-4-8(5-9-7)6-10-2;2-1-3;;;;2-1(3,4)5;;;;;;/h3-7H,1-2H3;3-5H,6H2,1-2H3;3-5H,6H2,1-2H3;3-5H,6H2,1-2H3;2H2;3*1H;;1H3;;2*1H2;1H3;/q;;;;;;;;-1;;+1;;;;+3/p-3. The van der Waals surface area contributed by atoms with Crippen LogP contribution in [0.1, 0.15) is 47.6 Å². The number of pyridine rings is 3. The molecule has 9 N–H and O–H groups in total. The van der Waals surface area contributed by atoms with Crippen LogP contribution < -0.4 is 75.3 Å². The molecule has 0 fully saturated rings. The van der Waals surface area contributed by atoms with E-state index in [1.807, 2.05) is 106 Å². The molecule has 0 aliphatic carbocycles. The molecule has 4 aromatic rings. The largest absolute Gasteiger partial charge is 1.00 e.